The highest BCUT2D eigenvalue weighted by molar-refractivity contribution is 9.10. The molecular weight excluding hydrogens is 408 g/mol. The molecule has 0 heterocycles. The first-order chi connectivity index (χ1) is 13.1. The number of nitrogens with two attached hydrogens (primary N) is 2. The molecule has 3 aromatic rings. The number of methoxy groups -OCH3 is 1. The predicted octanol–water partition coefficient (Wildman–Crippen LogP) is 3.80. The molecule has 0 bridgehead atoms. The smallest absolute Gasteiger partial charge is 0.211 e. The minimum Gasteiger partial charge on any atom is -0.493 e. The lowest BCUT2D eigenvalue weighted by Crippen LogP contribution is -2.21. The van der Waals surface area contributed by atoms with Crippen LogP contribution < -0.4 is 20.9 Å². The van der Waals surface area contributed by atoms with Crippen molar-refractivity contribution in [1.29, 1.82) is 0 Å². The Bertz CT molecular complexity index is 1010. The lowest BCUT2D eigenvalue weighted by molar-refractivity contribution is 0.283. The number of hydrogen-bond acceptors (Lipinski definition) is 4. The van der Waals surface area contributed by atoms with Gasteiger partial charge >= 0.3 is 0 Å². The molecule has 0 saturated carbocycles. The number of fused-ring (bicyclic) bond motifs is 1. The van der Waals surface area contributed by atoms with Crippen molar-refractivity contribution in [3.63, 3.8) is 0 Å². The van der Waals surface area contributed by atoms with Crippen LogP contribution in [0.5, 0.6) is 11.5 Å². The van der Waals surface area contributed by atoms with Crippen molar-refractivity contribution >= 4 is 38.9 Å². The molecule has 0 aromatic heterocycles. The predicted molar refractivity (Wildman–Crippen MR) is 112 cm³/mol. The fourth-order valence-electron chi connectivity index (χ4n) is 2.68. The standard InChI is InChI=1S/C20H19BrN4O2/c1-26-18-10-13(11-24-25-20(22)23)9-17(21)19(18)27-12-15-7-4-6-14-5-2-3-8-16(14)15/h2-11H,12H2,1H3,(H4,22,23,25)/b24-11-. The Morgan fingerprint density at radius 2 is 1.89 bits per heavy atom. The van der Waals surface area contributed by atoms with Gasteiger partial charge in [-0.05, 0) is 50.0 Å². The fourth-order valence-corrected chi connectivity index (χ4v) is 3.26. The van der Waals surface area contributed by atoms with Crippen molar-refractivity contribution < 1.29 is 9.47 Å². The van der Waals surface area contributed by atoms with E-state index in [2.05, 4.69) is 50.4 Å². The molecule has 0 aliphatic carbocycles. The van der Waals surface area contributed by atoms with Crippen LogP contribution in [0.3, 0.4) is 0 Å². The molecule has 0 spiro atoms. The first-order valence-electron chi connectivity index (χ1n) is 8.17. The fraction of sp³-hybridized carbons (Fsp3) is 0.100. The summed E-state index contributed by atoms with van der Waals surface area (Å²) < 4.78 is 12.3. The third-order valence-electron chi connectivity index (χ3n) is 3.88. The van der Waals surface area contributed by atoms with Crippen LogP contribution in [0, 0.1) is 0 Å². The maximum Gasteiger partial charge on any atom is 0.211 e. The first-order valence-corrected chi connectivity index (χ1v) is 8.96. The van der Waals surface area contributed by atoms with E-state index >= 15 is 0 Å². The zero-order chi connectivity index (χ0) is 19.2. The van der Waals surface area contributed by atoms with Crippen molar-refractivity contribution in [3.8, 4) is 11.5 Å². The molecule has 0 aliphatic heterocycles. The Kier molecular flexibility index (Phi) is 5.93. The van der Waals surface area contributed by atoms with E-state index in [0.29, 0.717) is 18.1 Å². The van der Waals surface area contributed by atoms with Gasteiger partial charge in [0.15, 0.2) is 11.5 Å². The molecule has 3 aromatic carbocycles. The van der Waals surface area contributed by atoms with Crippen LogP contribution in [0.4, 0.5) is 0 Å². The van der Waals surface area contributed by atoms with Gasteiger partial charge in [-0.15, -0.1) is 5.10 Å². The molecule has 0 amide bonds. The van der Waals surface area contributed by atoms with Gasteiger partial charge in [-0.3, -0.25) is 0 Å². The van der Waals surface area contributed by atoms with Gasteiger partial charge in [-0.2, -0.15) is 5.10 Å². The van der Waals surface area contributed by atoms with Gasteiger partial charge in [0.2, 0.25) is 5.96 Å². The average molecular weight is 427 g/mol. The van der Waals surface area contributed by atoms with Crippen molar-refractivity contribution in [2.75, 3.05) is 7.11 Å². The molecular formula is C20H19BrN4O2. The maximum absolute atomic E-state index is 6.07. The molecule has 27 heavy (non-hydrogen) atoms. The second kappa shape index (κ2) is 8.55. The summed E-state index contributed by atoms with van der Waals surface area (Å²) in [6, 6.07) is 18.0. The van der Waals surface area contributed by atoms with E-state index in [1.807, 2.05) is 24.3 Å². The number of nitrogens with zero attached hydrogens (tertiary/aromatic N) is 2. The summed E-state index contributed by atoms with van der Waals surface area (Å²) in [6.07, 6.45) is 1.53. The summed E-state index contributed by atoms with van der Waals surface area (Å²) >= 11 is 3.53. The Balaban J connectivity index is 1.86. The third-order valence-corrected chi connectivity index (χ3v) is 4.47. The maximum atomic E-state index is 6.07. The summed E-state index contributed by atoms with van der Waals surface area (Å²) in [7, 11) is 1.59. The average Bonchev–Trinajstić information content (AvgIpc) is 2.66. The van der Waals surface area contributed by atoms with Crippen LogP contribution in [0.2, 0.25) is 0 Å². The molecule has 7 heteroatoms. The Morgan fingerprint density at radius 1 is 1.11 bits per heavy atom. The topological polar surface area (TPSA) is 95.2 Å². The lowest BCUT2D eigenvalue weighted by atomic mass is 10.1. The van der Waals surface area contributed by atoms with Crippen LogP contribution in [0.25, 0.3) is 10.8 Å². The minimum absolute atomic E-state index is 0.104. The normalized spacial score (nSPS) is 10.9. The molecule has 4 N–H and O–H groups in total. The van der Waals surface area contributed by atoms with Gasteiger partial charge in [0.05, 0.1) is 17.8 Å². The zero-order valence-corrected chi connectivity index (χ0v) is 16.3. The summed E-state index contributed by atoms with van der Waals surface area (Å²) in [4.78, 5) is 0. The quantitative estimate of drug-likeness (QED) is 0.356. The third kappa shape index (κ3) is 4.57. The number of guanidine groups is 1. The summed E-state index contributed by atoms with van der Waals surface area (Å²) in [6.45, 7) is 0.414. The first kappa shape index (κ1) is 18.7. The van der Waals surface area contributed by atoms with Gasteiger partial charge in [-0.25, -0.2) is 0 Å². The zero-order valence-electron chi connectivity index (χ0n) is 14.7. The number of halogens is 1. The van der Waals surface area contributed by atoms with Crippen LogP contribution in [-0.2, 0) is 6.61 Å². The van der Waals surface area contributed by atoms with Crippen LogP contribution in [0.1, 0.15) is 11.1 Å². The van der Waals surface area contributed by atoms with E-state index in [-0.39, 0.29) is 5.96 Å². The minimum atomic E-state index is -0.104. The lowest BCUT2D eigenvalue weighted by Gasteiger charge is -2.14. The Hall–Kier alpha value is -3.06. The highest BCUT2D eigenvalue weighted by atomic mass is 79.9. The summed E-state index contributed by atoms with van der Waals surface area (Å²) in [5, 5.41) is 9.74. The SMILES string of the molecule is COc1cc(/C=N\N=C(N)N)cc(Br)c1OCc1cccc2ccccc12. The van der Waals surface area contributed by atoms with E-state index in [9.17, 15) is 0 Å². The van der Waals surface area contributed by atoms with Crippen LogP contribution >= 0.6 is 15.9 Å². The van der Waals surface area contributed by atoms with Crippen molar-refractivity contribution in [3.05, 3.63) is 70.2 Å². The van der Waals surface area contributed by atoms with E-state index < -0.39 is 0 Å². The van der Waals surface area contributed by atoms with E-state index in [4.69, 9.17) is 20.9 Å². The van der Waals surface area contributed by atoms with Gasteiger partial charge < -0.3 is 20.9 Å². The second-order valence-electron chi connectivity index (χ2n) is 5.73. The van der Waals surface area contributed by atoms with Crippen molar-refractivity contribution in [1.82, 2.24) is 0 Å². The number of hydrogen-bond donors (Lipinski definition) is 2. The molecule has 3 rings (SSSR count). The second-order valence-corrected chi connectivity index (χ2v) is 6.58. The summed E-state index contributed by atoms with van der Waals surface area (Å²) in [5.41, 5.74) is 12.4. The van der Waals surface area contributed by atoms with Crippen molar-refractivity contribution in [2.45, 2.75) is 6.61 Å². The van der Waals surface area contributed by atoms with Gasteiger partial charge in [0.1, 0.15) is 6.61 Å². The van der Waals surface area contributed by atoms with Gasteiger partial charge in [0, 0.05) is 0 Å². The molecule has 0 unspecified atom stereocenters. The molecule has 6 nitrogen and oxygen atoms in total. The Labute approximate surface area is 165 Å². The molecule has 0 fully saturated rings. The van der Waals surface area contributed by atoms with Crippen LogP contribution in [0.15, 0.2) is 69.3 Å². The number of benzene rings is 3. The molecule has 0 atom stereocenters. The van der Waals surface area contributed by atoms with Crippen LogP contribution in [-0.4, -0.2) is 19.3 Å². The van der Waals surface area contributed by atoms with Crippen molar-refractivity contribution in [2.24, 2.45) is 21.7 Å². The van der Waals surface area contributed by atoms with Gasteiger partial charge in [-0.1, -0.05) is 42.5 Å². The highest BCUT2D eigenvalue weighted by Gasteiger charge is 2.12. The molecule has 0 radical (unpaired) electrons. The summed E-state index contributed by atoms with van der Waals surface area (Å²) in [5.74, 6) is 1.09. The number of ether oxygens (including phenoxy) is 2. The van der Waals surface area contributed by atoms with E-state index in [1.54, 1.807) is 13.2 Å². The monoisotopic (exact) mass is 426 g/mol. The Morgan fingerprint density at radius 3 is 2.67 bits per heavy atom. The number of rotatable bonds is 6. The van der Waals surface area contributed by atoms with E-state index in [0.717, 1.165) is 21.0 Å². The van der Waals surface area contributed by atoms with E-state index in [1.165, 1.54) is 11.6 Å². The molecule has 0 saturated heterocycles. The van der Waals surface area contributed by atoms with Gasteiger partial charge in [0.25, 0.3) is 0 Å². The molecule has 0 aliphatic rings. The largest absolute Gasteiger partial charge is 0.493 e. The highest BCUT2D eigenvalue weighted by Crippen LogP contribution is 2.37. The molecule has 138 valence electrons.